The van der Waals surface area contributed by atoms with Gasteiger partial charge < -0.3 is 0 Å². The molecule has 0 saturated carbocycles. The molecule has 0 fully saturated rings. The van der Waals surface area contributed by atoms with Gasteiger partial charge >= 0.3 is 0 Å². The Hall–Kier alpha value is -3.71. The van der Waals surface area contributed by atoms with Crippen LogP contribution in [0.5, 0.6) is 0 Å². The zero-order valence-electron chi connectivity index (χ0n) is 15.1. The number of pyridine rings is 2. The number of benzene rings is 2. The van der Waals surface area contributed by atoms with Crippen LogP contribution in [-0.2, 0) is 0 Å². The normalized spacial score (nSPS) is 11.3. The van der Waals surface area contributed by atoms with E-state index < -0.39 is 0 Å². The summed E-state index contributed by atoms with van der Waals surface area (Å²) in [6.45, 7) is 4.05. The fourth-order valence-electron chi connectivity index (χ4n) is 3.93. The van der Waals surface area contributed by atoms with Gasteiger partial charge in [0, 0.05) is 39.3 Å². The van der Waals surface area contributed by atoms with Crippen molar-refractivity contribution in [2.45, 2.75) is 13.8 Å². The van der Waals surface area contributed by atoms with Crippen LogP contribution in [0.3, 0.4) is 0 Å². The van der Waals surface area contributed by atoms with E-state index in [9.17, 15) is 5.26 Å². The van der Waals surface area contributed by atoms with Gasteiger partial charge in [0.05, 0.1) is 5.52 Å². The highest BCUT2D eigenvalue weighted by atomic mass is 15.0. The van der Waals surface area contributed by atoms with E-state index in [1.54, 1.807) is 0 Å². The number of fused-ring (bicyclic) bond motifs is 6. The van der Waals surface area contributed by atoms with Crippen LogP contribution in [-0.4, -0.2) is 14.4 Å². The molecule has 0 saturated heterocycles. The average Bonchev–Trinajstić information content (AvgIpc) is 3.13. The van der Waals surface area contributed by atoms with Gasteiger partial charge in [-0.25, -0.2) is 4.98 Å². The molecule has 0 atom stereocenters. The largest absolute Gasteiger partial charge is 0.298 e. The van der Waals surface area contributed by atoms with Crippen LogP contribution in [0.1, 0.15) is 17.1 Å². The van der Waals surface area contributed by atoms with Crippen molar-refractivity contribution >= 4 is 27.3 Å². The minimum atomic E-state index is 0.422. The smallest absolute Gasteiger partial charge is 0.159 e. The standard InChI is InChI=1S/C23H16N4/c1-14-10-11-17(15(2)25-14)18-7-5-8-20-22(18)19-6-3-4-9-21(19)27-13-16(12-24)26-23(20)27/h3-11,13H,1-2H3. The third kappa shape index (κ3) is 2.22. The predicted octanol–water partition coefficient (Wildman–Crippen LogP) is 5.19. The van der Waals surface area contributed by atoms with E-state index in [4.69, 9.17) is 0 Å². The summed E-state index contributed by atoms with van der Waals surface area (Å²) in [5, 5.41) is 12.7. The lowest BCUT2D eigenvalue weighted by atomic mass is 9.95. The molecule has 5 aromatic rings. The van der Waals surface area contributed by atoms with Gasteiger partial charge in [-0.3, -0.25) is 9.38 Å². The molecule has 27 heavy (non-hydrogen) atoms. The minimum Gasteiger partial charge on any atom is -0.298 e. The number of rotatable bonds is 1. The number of imidazole rings is 1. The third-order valence-electron chi connectivity index (χ3n) is 5.07. The number of aryl methyl sites for hydroxylation is 2. The van der Waals surface area contributed by atoms with Crippen LogP contribution in [0.25, 0.3) is 38.4 Å². The zero-order valence-corrected chi connectivity index (χ0v) is 15.1. The summed E-state index contributed by atoms with van der Waals surface area (Å²) < 4.78 is 2.01. The molecule has 0 bridgehead atoms. The first-order chi connectivity index (χ1) is 13.2. The summed E-state index contributed by atoms with van der Waals surface area (Å²) in [6.07, 6.45) is 1.81. The average molecular weight is 348 g/mol. The molecule has 0 spiro atoms. The predicted molar refractivity (Wildman–Crippen MR) is 108 cm³/mol. The summed E-state index contributed by atoms with van der Waals surface area (Å²) in [6, 6.07) is 20.9. The molecule has 4 heteroatoms. The number of aromatic nitrogens is 3. The van der Waals surface area contributed by atoms with Gasteiger partial charge in [-0.15, -0.1) is 0 Å². The van der Waals surface area contributed by atoms with E-state index in [-0.39, 0.29) is 0 Å². The topological polar surface area (TPSA) is 54.0 Å². The molecule has 0 aliphatic heterocycles. The van der Waals surface area contributed by atoms with Gasteiger partial charge in [0.1, 0.15) is 11.7 Å². The van der Waals surface area contributed by atoms with Gasteiger partial charge in [-0.1, -0.05) is 42.5 Å². The van der Waals surface area contributed by atoms with Crippen molar-refractivity contribution in [2.75, 3.05) is 0 Å². The highest BCUT2D eigenvalue weighted by molar-refractivity contribution is 6.17. The lowest BCUT2D eigenvalue weighted by Crippen LogP contribution is -1.94. The molecule has 3 aromatic heterocycles. The van der Waals surface area contributed by atoms with Crippen molar-refractivity contribution in [3.63, 3.8) is 0 Å². The van der Waals surface area contributed by atoms with E-state index in [1.807, 2.05) is 48.7 Å². The summed E-state index contributed by atoms with van der Waals surface area (Å²) in [4.78, 5) is 9.22. The van der Waals surface area contributed by atoms with E-state index in [0.29, 0.717) is 5.69 Å². The molecule has 128 valence electrons. The Morgan fingerprint density at radius 3 is 2.48 bits per heavy atom. The lowest BCUT2D eigenvalue weighted by Gasteiger charge is -2.14. The third-order valence-corrected chi connectivity index (χ3v) is 5.07. The highest BCUT2D eigenvalue weighted by Crippen LogP contribution is 2.37. The molecule has 0 N–H and O–H groups in total. The second kappa shape index (κ2) is 5.65. The molecule has 5 rings (SSSR count). The van der Waals surface area contributed by atoms with Gasteiger partial charge in [0.2, 0.25) is 0 Å². The quantitative estimate of drug-likeness (QED) is 0.392. The van der Waals surface area contributed by atoms with Crippen LogP contribution in [0.15, 0.2) is 60.8 Å². The molecular formula is C23H16N4. The SMILES string of the molecule is Cc1ccc(-c2cccc3c2c2ccccc2n2cc(C#N)nc32)c(C)n1. The van der Waals surface area contributed by atoms with Crippen molar-refractivity contribution in [1.82, 2.24) is 14.4 Å². The fourth-order valence-corrected chi connectivity index (χ4v) is 3.93. The van der Waals surface area contributed by atoms with Crippen LogP contribution >= 0.6 is 0 Å². The first kappa shape index (κ1) is 15.5. The molecule has 0 unspecified atom stereocenters. The number of hydrogen-bond donors (Lipinski definition) is 0. The van der Waals surface area contributed by atoms with Gasteiger partial charge in [-0.05, 0) is 31.5 Å². The highest BCUT2D eigenvalue weighted by Gasteiger charge is 2.16. The van der Waals surface area contributed by atoms with Crippen molar-refractivity contribution < 1.29 is 0 Å². The summed E-state index contributed by atoms with van der Waals surface area (Å²) >= 11 is 0. The Kier molecular flexibility index (Phi) is 3.25. The molecule has 0 aliphatic rings. The Morgan fingerprint density at radius 2 is 1.67 bits per heavy atom. The maximum Gasteiger partial charge on any atom is 0.159 e. The number of para-hydroxylation sites is 1. The van der Waals surface area contributed by atoms with E-state index >= 15 is 0 Å². The molecule has 4 nitrogen and oxygen atoms in total. The molecule has 0 amide bonds. The minimum absolute atomic E-state index is 0.422. The second-order valence-corrected chi connectivity index (χ2v) is 6.76. The van der Waals surface area contributed by atoms with Crippen LogP contribution in [0.2, 0.25) is 0 Å². The van der Waals surface area contributed by atoms with Crippen molar-refractivity contribution in [3.05, 3.63) is 77.9 Å². The molecular weight excluding hydrogens is 332 g/mol. The molecule has 0 aliphatic carbocycles. The number of nitrogens with zero attached hydrogens (tertiary/aromatic N) is 4. The van der Waals surface area contributed by atoms with Crippen LogP contribution in [0, 0.1) is 25.2 Å². The van der Waals surface area contributed by atoms with Gasteiger partial charge in [0.15, 0.2) is 5.69 Å². The first-order valence-corrected chi connectivity index (χ1v) is 8.84. The maximum absolute atomic E-state index is 9.34. The van der Waals surface area contributed by atoms with E-state index in [0.717, 1.165) is 49.8 Å². The summed E-state index contributed by atoms with van der Waals surface area (Å²) in [5.41, 5.74) is 6.54. The molecule has 3 heterocycles. The maximum atomic E-state index is 9.34. The number of nitriles is 1. The molecule has 2 aromatic carbocycles. The lowest BCUT2D eigenvalue weighted by molar-refractivity contribution is 1.13. The first-order valence-electron chi connectivity index (χ1n) is 8.84. The van der Waals surface area contributed by atoms with Crippen LogP contribution < -0.4 is 0 Å². The summed E-state index contributed by atoms with van der Waals surface area (Å²) in [5.74, 6) is 0. The zero-order chi connectivity index (χ0) is 18.5. The second-order valence-electron chi connectivity index (χ2n) is 6.76. The summed E-state index contributed by atoms with van der Waals surface area (Å²) in [7, 11) is 0. The van der Waals surface area contributed by atoms with E-state index in [1.165, 1.54) is 0 Å². The Balaban J connectivity index is 2.03. The fraction of sp³-hybridized carbons (Fsp3) is 0.0870. The Labute approximate surface area is 156 Å². The van der Waals surface area contributed by atoms with Crippen molar-refractivity contribution in [2.24, 2.45) is 0 Å². The Bertz CT molecular complexity index is 1400. The van der Waals surface area contributed by atoms with Gasteiger partial charge in [-0.2, -0.15) is 5.26 Å². The van der Waals surface area contributed by atoms with Crippen molar-refractivity contribution in [3.8, 4) is 17.2 Å². The van der Waals surface area contributed by atoms with E-state index in [2.05, 4.69) is 46.4 Å². The monoisotopic (exact) mass is 348 g/mol. The number of hydrogen-bond acceptors (Lipinski definition) is 3. The molecule has 0 radical (unpaired) electrons. The van der Waals surface area contributed by atoms with Crippen LogP contribution in [0.4, 0.5) is 0 Å². The van der Waals surface area contributed by atoms with Crippen molar-refractivity contribution in [1.29, 1.82) is 5.26 Å². The Morgan fingerprint density at radius 1 is 0.852 bits per heavy atom. The van der Waals surface area contributed by atoms with Gasteiger partial charge in [0.25, 0.3) is 0 Å².